The van der Waals surface area contributed by atoms with E-state index in [1.165, 1.54) is 6.42 Å². The zero-order chi connectivity index (χ0) is 26.3. The van der Waals surface area contributed by atoms with Crippen molar-refractivity contribution in [3.8, 4) is 0 Å². The number of rotatable bonds is 16. The van der Waals surface area contributed by atoms with Crippen molar-refractivity contribution in [1.82, 2.24) is 0 Å². The van der Waals surface area contributed by atoms with Gasteiger partial charge in [-0.15, -0.1) is 0 Å². The van der Waals surface area contributed by atoms with Crippen LogP contribution in [0.25, 0.3) is 0 Å². The van der Waals surface area contributed by atoms with E-state index >= 15 is 0 Å². The Labute approximate surface area is 207 Å². The molecule has 200 valence electrons. The smallest absolute Gasteiger partial charge is 0.329 e. The molecule has 34 heavy (non-hydrogen) atoms. The van der Waals surface area contributed by atoms with E-state index in [4.69, 9.17) is 22.6 Å². The lowest BCUT2D eigenvalue weighted by molar-refractivity contribution is 0.218. The van der Waals surface area contributed by atoms with E-state index in [-0.39, 0.29) is 44.9 Å². The van der Waals surface area contributed by atoms with Crippen molar-refractivity contribution in [3.05, 3.63) is 34.9 Å². The van der Waals surface area contributed by atoms with Crippen LogP contribution in [0.2, 0.25) is 0 Å². The summed E-state index contributed by atoms with van der Waals surface area (Å²) in [6.45, 7) is 16.0. The van der Waals surface area contributed by atoms with Crippen LogP contribution in [0.3, 0.4) is 0 Å². The van der Waals surface area contributed by atoms with Crippen LogP contribution in [-0.2, 0) is 54.8 Å². The fraction of sp³-hybridized carbons (Fsp3) is 0.739. The summed E-state index contributed by atoms with van der Waals surface area (Å²) in [6.07, 6.45) is 1.54. The molecule has 1 rings (SSSR count). The predicted molar refractivity (Wildman–Crippen MR) is 140 cm³/mol. The van der Waals surface area contributed by atoms with Gasteiger partial charge in [-0.25, -0.2) is 0 Å². The molecule has 0 spiro atoms. The first-order valence-electron chi connectivity index (χ1n) is 12.0. The van der Waals surface area contributed by atoms with Gasteiger partial charge in [-0.2, -0.15) is 0 Å². The van der Waals surface area contributed by atoms with E-state index in [9.17, 15) is 13.7 Å². The Balaban J connectivity index is 0.00000343. The van der Waals surface area contributed by atoms with Crippen LogP contribution in [0.4, 0.5) is 0 Å². The lowest BCUT2D eigenvalue weighted by Gasteiger charge is -2.21. The Hall–Kier alpha value is -0.290. The summed E-state index contributed by atoms with van der Waals surface area (Å²) >= 11 is 0. The Morgan fingerprint density at radius 2 is 0.794 bits per heavy atom. The zero-order valence-corrected chi connectivity index (χ0v) is 24.9. The zero-order valence-electron chi connectivity index (χ0n) is 22.2. The summed E-state index contributed by atoms with van der Waals surface area (Å²) in [5.41, 5.74) is 2.08. The van der Waals surface area contributed by atoms with Crippen molar-refractivity contribution >= 4 is 22.6 Å². The molecule has 0 aromatic heterocycles. The predicted octanol–water partition coefficient (Wildman–Crippen LogP) is 8.08. The van der Waals surface area contributed by atoms with Gasteiger partial charge in [0.25, 0.3) is 0 Å². The van der Waals surface area contributed by atoms with E-state index in [0.717, 1.165) is 5.56 Å². The second-order valence-corrected chi connectivity index (χ2v) is 14.4. The van der Waals surface area contributed by atoms with Gasteiger partial charge in [-0.05, 0) is 51.3 Å². The van der Waals surface area contributed by atoms with Crippen LogP contribution in [0.1, 0.15) is 71.6 Å². The second-order valence-electron chi connectivity index (χ2n) is 7.66. The first kappa shape index (κ1) is 33.7. The summed E-state index contributed by atoms with van der Waals surface area (Å²) < 4.78 is 66.0. The molecule has 0 N–H and O–H groups in total. The maximum absolute atomic E-state index is 13.1. The van der Waals surface area contributed by atoms with Gasteiger partial charge in [0.2, 0.25) is 7.37 Å². The first-order valence-corrected chi connectivity index (χ1v) is 17.8. The molecule has 0 saturated heterocycles. The van der Waals surface area contributed by atoms with Gasteiger partial charge in [0.1, 0.15) is 0 Å². The van der Waals surface area contributed by atoms with Gasteiger partial charge in [0.05, 0.1) is 45.4 Å². The normalized spacial score (nSPS) is 13.8. The molecular weight excluding hydrogens is 497 g/mol. The van der Waals surface area contributed by atoms with E-state index < -0.39 is 22.6 Å². The monoisotopic (exact) mass is 542 g/mol. The summed E-state index contributed by atoms with van der Waals surface area (Å²) in [7, 11) is -9.58. The molecule has 11 heteroatoms. The molecule has 1 unspecified atom stereocenters. The second kappa shape index (κ2) is 17.2. The molecule has 0 radical (unpaired) electrons. The van der Waals surface area contributed by atoms with Crippen LogP contribution < -0.4 is 0 Å². The van der Waals surface area contributed by atoms with Crippen LogP contribution in [0.5, 0.6) is 0 Å². The Bertz CT molecular complexity index is 773. The minimum Gasteiger partial charge on any atom is -0.329 e. The van der Waals surface area contributed by atoms with Gasteiger partial charge in [0.15, 0.2) is 0 Å². The lowest BCUT2D eigenvalue weighted by atomic mass is 10.1. The molecule has 0 heterocycles. The highest BCUT2D eigenvalue weighted by molar-refractivity contribution is 7.57. The minimum absolute atomic E-state index is 0.0474. The maximum Gasteiger partial charge on any atom is 0.335 e. The molecule has 0 amide bonds. The Kier molecular flexibility index (Phi) is 17.1. The molecule has 0 aliphatic rings. The average molecular weight is 543 g/mol. The van der Waals surface area contributed by atoms with Gasteiger partial charge in [-0.3, -0.25) is 13.7 Å². The van der Waals surface area contributed by atoms with Crippen molar-refractivity contribution in [2.24, 2.45) is 0 Å². The number of hydrogen-bond acceptors (Lipinski definition) is 8. The van der Waals surface area contributed by atoms with E-state index in [0.29, 0.717) is 17.7 Å². The van der Waals surface area contributed by atoms with Crippen molar-refractivity contribution in [1.29, 1.82) is 0 Å². The molecular formula is C23H45O8P3. The third-order valence-electron chi connectivity index (χ3n) is 4.04. The van der Waals surface area contributed by atoms with Crippen molar-refractivity contribution in [3.63, 3.8) is 0 Å². The van der Waals surface area contributed by atoms with Crippen molar-refractivity contribution < 1.29 is 36.3 Å². The van der Waals surface area contributed by atoms with Crippen LogP contribution in [0, 0.1) is 0 Å². The quantitative estimate of drug-likeness (QED) is 0.193. The van der Waals surface area contributed by atoms with Gasteiger partial charge < -0.3 is 22.6 Å². The summed E-state index contributed by atoms with van der Waals surface area (Å²) in [5, 5.41) is 0. The van der Waals surface area contributed by atoms with Gasteiger partial charge in [0, 0.05) is 12.8 Å². The molecule has 0 fully saturated rings. The van der Waals surface area contributed by atoms with E-state index in [1.807, 2.05) is 12.1 Å². The highest BCUT2D eigenvalue weighted by Crippen LogP contribution is 2.54. The van der Waals surface area contributed by atoms with Crippen molar-refractivity contribution in [2.45, 2.75) is 73.4 Å². The third-order valence-corrected chi connectivity index (χ3v) is 9.90. The van der Waals surface area contributed by atoms with E-state index in [1.54, 1.807) is 47.3 Å². The molecule has 1 aromatic rings. The number of benzene rings is 1. The maximum atomic E-state index is 13.1. The largest absolute Gasteiger partial charge is 0.335 e. The third kappa shape index (κ3) is 13.7. The first-order chi connectivity index (χ1) is 16.0. The van der Waals surface area contributed by atoms with Gasteiger partial charge >= 0.3 is 15.2 Å². The molecule has 1 atom stereocenters. The highest BCUT2D eigenvalue weighted by atomic mass is 31.2. The van der Waals surface area contributed by atoms with Crippen LogP contribution in [-0.4, -0.2) is 39.7 Å². The summed E-state index contributed by atoms with van der Waals surface area (Å²) in [5.74, 6) is 0. The molecule has 0 aliphatic carbocycles. The fourth-order valence-corrected chi connectivity index (χ4v) is 8.09. The number of hydrogen-bond donors (Lipinski definition) is 0. The average Bonchev–Trinajstić information content (AvgIpc) is 2.68. The SMILES string of the molecule is CCC.CCOP(C)(=O)Cc1cc(CP(=O)(OCC)OCC)cc(CP(=O)(OCC)OCC)c1. The topological polar surface area (TPSA) is 97.4 Å². The molecule has 0 bridgehead atoms. The van der Waals surface area contributed by atoms with Crippen molar-refractivity contribution in [2.75, 3.05) is 39.7 Å². The molecule has 0 aliphatic heterocycles. The van der Waals surface area contributed by atoms with Gasteiger partial charge in [-0.1, -0.05) is 38.5 Å². The molecule has 0 saturated carbocycles. The molecule has 1 aromatic carbocycles. The summed E-state index contributed by atoms with van der Waals surface area (Å²) in [6, 6.07) is 5.42. The van der Waals surface area contributed by atoms with Crippen LogP contribution in [0.15, 0.2) is 18.2 Å². The summed E-state index contributed by atoms with van der Waals surface area (Å²) in [4.78, 5) is 0. The standard InChI is InChI=1S/C20H37O8P3.C3H8/c1-7-24-29(6,21)15-18-12-19(16-30(22,25-8-2)26-9-3)14-20(13-18)17-31(23,27-10-4)28-11-5;1-3-2/h12-14H,7-11,15-17H2,1-6H3;3H2,1-2H3. The Morgan fingerprint density at radius 1 is 0.529 bits per heavy atom. The fourth-order valence-electron chi connectivity index (χ4n) is 3.25. The van der Waals surface area contributed by atoms with Crippen LogP contribution >= 0.6 is 22.6 Å². The highest BCUT2D eigenvalue weighted by Gasteiger charge is 2.28. The Morgan fingerprint density at radius 3 is 1.06 bits per heavy atom. The molecule has 8 nitrogen and oxygen atoms in total. The van der Waals surface area contributed by atoms with E-state index in [2.05, 4.69) is 13.8 Å². The minimum atomic E-state index is -3.35. The lowest BCUT2D eigenvalue weighted by Crippen LogP contribution is -2.03.